The SMILES string of the molecule is COc1cc(OC)cc(N(C(=O)c2snc(C(N)=O)c2N)[C@H](C(=O)NC[C@H]2CCCO2)c2ccc(C)o2)c1. The molecule has 2 atom stereocenters. The second-order valence-electron chi connectivity index (χ2n) is 8.62. The number of carbonyl (C=O) groups is 3. The van der Waals surface area contributed by atoms with Gasteiger partial charge in [-0.1, -0.05) is 0 Å². The molecule has 2 aromatic heterocycles. The van der Waals surface area contributed by atoms with Gasteiger partial charge in [-0.3, -0.25) is 19.3 Å². The number of benzene rings is 1. The van der Waals surface area contributed by atoms with Gasteiger partial charge in [0, 0.05) is 31.4 Å². The first-order chi connectivity index (χ1) is 18.2. The fourth-order valence-corrected chi connectivity index (χ4v) is 4.89. The summed E-state index contributed by atoms with van der Waals surface area (Å²) in [5.41, 5.74) is 11.3. The Morgan fingerprint density at radius 1 is 1.21 bits per heavy atom. The Morgan fingerprint density at radius 2 is 1.92 bits per heavy atom. The predicted molar refractivity (Wildman–Crippen MR) is 140 cm³/mol. The third kappa shape index (κ3) is 5.58. The third-order valence-electron chi connectivity index (χ3n) is 6.05. The molecule has 1 aromatic carbocycles. The van der Waals surface area contributed by atoms with Crippen molar-refractivity contribution < 1.29 is 33.0 Å². The van der Waals surface area contributed by atoms with E-state index in [-0.39, 0.29) is 40.4 Å². The number of aromatic nitrogens is 1. The Balaban J connectivity index is 1.85. The summed E-state index contributed by atoms with van der Waals surface area (Å²) in [5, 5.41) is 2.89. The van der Waals surface area contributed by atoms with Crippen LogP contribution in [0.2, 0.25) is 0 Å². The van der Waals surface area contributed by atoms with E-state index < -0.39 is 23.8 Å². The summed E-state index contributed by atoms with van der Waals surface area (Å²) in [6.07, 6.45) is 1.59. The molecule has 12 nitrogen and oxygen atoms in total. The van der Waals surface area contributed by atoms with E-state index in [1.165, 1.54) is 19.1 Å². The summed E-state index contributed by atoms with van der Waals surface area (Å²) in [6.45, 7) is 2.61. The molecule has 1 aliphatic heterocycles. The highest BCUT2D eigenvalue weighted by molar-refractivity contribution is 7.09. The molecule has 5 N–H and O–H groups in total. The van der Waals surface area contributed by atoms with Crippen molar-refractivity contribution in [3.05, 3.63) is 52.4 Å². The maximum atomic E-state index is 14.1. The number of hydrogen-bond acceptors (Lipinski definition) is 10. The van der Waals surface area contributed by atoms with E-state index in [1.807, 2.05) is 0 Å². The molecular formula is C25H29N5O7S. The minimum absolute atomic E-state index is 0.0687. The molecule has 13 heteroatoms. The van der Waals surface area contributed by atoms with Crippen molar-refractivity contribution in [3.8, 4) is 11.5 Å². The van der Waals surface area contributed by atoms with Gasteiger partial charge in [0.25, 0.3) is 17.7 Å². The topological polar surface area (TPSA) is 172 Å². The van der Waals surface area contributed by atoms with Crippen LogP contribution >= 0.6 is 11.5 Å². The number of hydrogen-bond donors (Lipinski definition) is 3. The highest BCUT2D eigenvalue weighted by atomic mass is 32.1. The van der Waals surface area contributed by atoms with Crippen LogP contribution in [-0.2, 0) is 9.53 Å². The molecule has 0 radical (unpaired) electrons. The second kappa shape index (κ2) is 11.5. The molecule has 0 saturated carbocycles. The summed E-state index contributed by atoms with van der Waals surface area (Å²) < 4.78 is 26.2. The zero-order chi connectivity index (χ0) is 27.4. The number of anilines is 2. The molecule has 0 unspecified atom stereocenters. The third-order valence-corrected chi connectivity index (χ3v) is 6.90. The molecule has 0 spiro atoms. The first-order valence-corrected chi connectivity index (χ1v) is 12.6. The first-order valence-electron chi connectivity index (χ1n) is 11.8. The van der Waals surface area contributed by atoms with Gasteiger partial charge in [0.15, 0.2) is 11.7 Å². The lowest BCUT2D eigenvalue weighted by atomic mass is 10.1. The Hall–Kier alpha value is -4.10. The standard InChI is InChI=1S/C25H29N5O7S/c1-13-6-7-18(37-13)21(24(32)28-12-15-5-4-8-36-15)30(14-9-16(34-2)11-17(10-14)35-3)25(33)22-19(26)20(23(27)31)29-38-22/h6-7,9-11,15,21H,4-5,8,12,26H2,1-3H3,(H2,27,31)(H,28,32)/t15-,21+/m1/s1. The monoisotopic (exact) mass is 543 g/mol. The predicted octanol–water partition coefficient (Wildman–Crippen LogP) is 2.43. The van der Waals surface area contributed by atoms with Crippen molar-refractivity contribution in [2.45, 2.75) is 31.9 Å². The van der Waals surface area contributed by atoms with Gasteiger partial charge in [-0.25, -0.2) is 0 Å². The number of nitrogen functional groups attached to an aromatic ring is 1. The van der Waals surface area contributed by atoms with E-state index in [4.69, 9.17) is 30.1 Å². The number of carbonyl (C=O) groups excluding carboxylic acids is 3. The fraction of sp³-hybridized carbons (Fsp3) is 0.360. The van der Waals surface area contributed by atoms with Crippen molar-refractivity contribution in [1.82, 2.24) is 9.69 Å². The van der Waals surface area contributed by atoms with Crippen molar-refractivity contribution in [2.75, 3.05) is 38.0 Å². The number of amides is 3. The van der Waals surface area contributed by atoms with Gasteiger partial charge in [0.2, 0.25) is 0 Å². The molecule has 38 heavy (non-hydrogen) atoms. The highest BCUT2D eigenvalue weighted by Gasteiger charge is 2.38. The van der Waals surface area contributed by atoms with Crippen molar-refractivity contribution >= 4 is 40.6 Å². The minimum Gasteiger partial charge on any atom is -0.497 e. The molecule has 0 bridgehead atoms. The Kier molecular flexibility index (Phi) is 8.17. The molecule has 3 aromatic rings. The van der Waals surface area contributed by atoms with Gasteiger partial charge in [0.05, 0.1) is 31.7 Å². The zero-order valence-electron chi connectivity index (χ0n) is 21.2. The maximum Gasteiger partial charge on any atom is 0.273 e. The summed E-state index contributed by atoms with van der Waals surface area (Å²) in [5.74, 6) is -0.582. The van der Waals surface area contributed by atoms with Crippen LogP contribution in [-0.4, -0.2) is 55.6 Å². The molecule has 1 aliphatic rings. The van der Waals surface area contributed by atoms with Crippen LogP contribution in [0.5, 0.6) is 11.5 Å². The number of rotatable bonds is 10. The summed E-state index contributed by atoms with van der Waals surface area (Å²) in [4.78, 5) is 40.8. The van der Waals surface area contributed by atoms with Crippen LogP contribution in [0.4, 0.5) is 11.4 Å². The number of methoxy groups -OCH3 is 2. The van der Waals surface area contributed by atoms with Crippen molar-refractivity contribution in [1.29, 1.82) is 0 Å². The van der Waals surface area contributed by atoms with Gasteiger partial charge in [-0.2, -0.15) is 4.37 Å². The van der Waals surface area contributed by atoms with Crippen LogP contribution in [0.1, 0.15) is 50.6 Å². The quantitative estimate of drug-likeness (QED) is 0.347. The number of furan rings is 1. The smallest absolute Gasteiger partial charge is 0.273 e. The van der Waals surface area contributed by atoms with Crippen LogP contribution in [0.3, 0.4) is 0 Å². The maximum absolute atomic E-state index is 14.1. The Labute approximate surface area is 223 Å². The Bertz CT molecular complexity index is 1310. The normalized spacial score (nSPS) is 15.6. The van der Waals surface area contributed by atoms with E-state index in [0.717, 1.165) is 12.8 Å². The molecule has 0 aliphatic carbocycles. The summed E-state index contributed by atoms with van der Waals surface area (Å²) in [7, 11) is 2.93. The minimum atomic E-state index is -1.27. The van der Waals surface area contributed by atoms with Gasteiger partial charge in [-0.15, -0.1) is 0 Å². The van der Waals surface area contributed by atoms with E-state index >= 15 is 0 Å². The Morgan fingerprint density at radius 3 is 2.45 bits per heavy atom. The molecule has 1 fully saturated rings. The zero-order valence-corrected chi connectivity index (χ0v) is 22.0. The van der Waals surface area contributed by atoms with E-state index in [2.05, 4.69) is 9.69 Å². The average Bonchev–Trinajstić information content (AvgIpc) is 3.66. The van der Waals surface area contributed by atoms with Crippen LogP contribution in [0, 0.1) is 6.92 Å². The molecule has 3 heterocycles. The van der Waals surface area contributed by atoms with Gasteiger partial charge < -0.3 is 35.4 Å². The molecular weight excluding hydrogens is 514 g/mol. The highest BCUT2D eigenvalue weighted by Crippen LogP contribution is 2.37. The van der Waals surface area contributed by atoms with Crippen molar-refractivity contribution in [3.63, 3.8) is 0 Å². The second-order valence-corrected chi connectivity index (χ2v) is 9.39. The van der Waals surface area contributed by atoms with Crippen LogP contribution in [0.15, 0.2) is 34.7 Å². The number of primary amides is 1. The van der Waals surface area contributed by atoms with Gasteiger partial charge in [-0.05, 0) is 43.4 Å². The summed E-state index contributed by atoms with van der Waals surface area (Å²) in [6, 6.07) is 6.81. The molecule has 1 saturated heterocycles. The van der Waals surface area contributed by atoms with E-state index in [1.54, 1.807) is 37.3 Å². The number of nitrogens with zero attached hydrogens (tertiary/aromatic N) is 2. The van der Waals surface area contributed by atoms with Crippen LogP contribution in [0.25, 0.3) is 0 Å². The van der Waals surface area contributed by atoms with Crippen LogP contribution < -0.4 is 31.2 Å². The summed E-state index contributed by atoms with van der Waals surface area (Å²) >= 11 is 0.707. The lowest BCUT2D eigenvalue weighted by Gasteiger charge is -2.30. The lowest BCUT2D eigenvalue weighted by molar-refractivity contribution is -0.123. The number of ether oxygens (including phenoxy) is 3. The van der Waals surface area contributed by atoms with E-state index in [0.29, 0.717) is 35.4 Å². The lowest BCUT2D eigenvalue weighted by Crippen LogP contribution is -2.45. The number of nitrogens with one attached hydrogen (secondary N) is 1. The fourth-order valence-electron chi connectivity index (χ4n) is 4.14. The number of nitrogens with two attached hydrogens (primary N) is 2. The molecule has 202 valence electrons. The van der Waals surface area contributed by atoms with Gasteiger partial charge >= 0.3 is 0 Å². The molecule has 3 amide bonds. The van der Waals surface area contributed by atoms with Gasteiger partial charge in [0.1, 0.15) is 27.9 Å². The first kappa shape index (κ1) is 26.9. The average molecular weight is 544 g/mol. The van der Waals surface area contributed by atoms with E-state index in [9.17, 15) is 14.4 Å². The van der Waals surface area contributed by atoms with Crippen molar-refractivity contribution in [2.24, 2.45) is 5.73 Å². The largest absolute Gasteiger partial charge is 0.497 e. The molecule has 4 rings (SSSR count). The number of aryl methyl sites for hydroxylation is 1.